The van der Waals surface area contributed by atoms with Crippen LogP contribution in [-0.2, 0) is 0 Å². The van der Waals surface area contributed by atoms with Gasteiger partial charge in [-0.25, -0.2) is 4.98 Å². The first-order valence-corrected chi connectivity index (χ1v) is 6.87. The van der Waals surface area contributed by atoms with Gasteiger partial charge in [-0.2, -0.15) is 0 Å². The standard InChI is InChI=1S/C13H19N3OS/c1-7(6-17)8(2)15-11-5-12-13(4-10(11)14)18-9(3)16-12/h4-5,7-8,15,17H,6,14H2,1-3H3. The lowest BCUT2D eigenvalue weighted by Gasteiger charge is -2.21. The molecule has 4 N–H and O–H groups in total. The molecule has 1 heterocycles. The van der Waals surface area contributed by atoms with E-state index in [-0.39, 0.29) is 18.6 Å². The molecule has 0 aliphatic carbocycles. The molecule has 98 valence electrons. The number of fused-ring (bicyclic) bond motifs is 1. The number of aliphatic hydroxyl groups excluding tert-OH is 1. The Kier molecular flexibility index (Phi) is 3.73. The summed E-state index contributed by atoms with van der Waals surface area (Å²) in [4.78, 5) is 4.46. The molecule has 0 amide bonds. The summed E-state index contributed by atoms with van der Waals surface area (Å²) in [5.41, 5.74) is 8.62. The minimum atomic E-state index is 0.159. The van der Waals surface area contributed by atoms with Crippen LogP contribution in [0, 0.1) is 12.8 Å². The SMILES string of the molecule is Cc1nc2cc(NC(C)C(C)CO)c(N)cc2s1. The van der Waals surface area contributed by atoms with E-state index >= 15 is 0 Å². The normalized spacial score (nSPS) is 14.7. The number of hydrogen-bond acceptors (Lipinski definition) is 5. The number of nitrogens with one attached hydrogen (secondary N) is 1. The lowest BCUT2D eigenvalue weighted by atomic mass is 10.0. The first-order valence-electron chi connectivity index (χ1n) is 6.05. The van der Waals surface area contributed by atoms with Crippen LogP contribution >= 0.6 is 11.3 Å². The highest BCUT2D eigenvalue weighted by molar-refractivity contribution is 7.18. The summed E-state index contributed by atoms with van der Waals surface area (Å²) in [5, 5.41) is 13.5. The van der Waals surface area contributed by atoms with Gasteiger partial charge in [0.25, 0.3) is 0 Å². The average molecular weight is 265 g/mol. The van der Waals surface area contributed by atoms with Crippen LogP contribution in [-0.4, -0.2) is 22.7 Å². The van der Waals surface area contributed by atoms with Crippen molar-refractivity contribution in [2.75, 3.05) is 17.7 Å². The molecule has 2 atom stereocenters. The van der Waals surface area contributed by atoms with Crippen molar-refractivity contribution in [3.63, 3.8) is 0 Å². The summed E-state index contributed by atoms with van der Waals surface area (Å²) >= 11 is 1.65. The van der Waals surface area contributed by atoms with Crippen molar-refractivity contribution in [2.45, 2.75) is 26.8 Å². The van der Waals surface area contributed by atoms with Gasteiger partial charge in [0.2, 0.25) is 0 Å². The van der Waals surface area contributed by atoms with Gasteiger partial charge in [-0.1, -0.05) is 6.92 Å². The molecule has 1 aromatic heterocycles. The van der Waals surface area contributed by atoms with Crippen molar-refractivity contribution in [1.82, 2.24) is 4.98 Å². The minimum Gasteiger partial charge on any atom is -0.397 e. The Bertz CT molecular complexity index is 552. The van der Waals surface area contributed by atoms with Gasteiger partial charge in [0.1, 0.15) is 0 Å². The third-order valence-corrected chi connectivity index (χ3v) is 4.12. The second kappa shape index (κ2) is 5.12. The highest BCUT2D eigenvalue weighted by atomic mass is 32.1. The topological polar surface area (TPSA) is 71.2 Å². The zero-order valence-corrected chi connectivity index (χ0v) is 11.7. The van der Waals surface area contributed by atoms with E-state index in [1.54, 1.807) is 11.3 Å². The highest BCUT2D eigenvalue weighted by Gasteiger charge is 2.13. The fraction of sp³-hybridized carbons (Fsp3) is 0.462. The molecular weight excluding hydrogens is 246 g/mol. The number of thiazole rings is 1. The van der Waals surface area contributed by atoms with Gasteiger partial charge in [-0.15, -0.1) is 11.3 Å². The van der Waals surface area contributed by atoms with Crippen molar-refractivity contribution in [3.05, 3.63) is 17.1 Å². The quantitative estimate of drug-likeness (QED) is 0.743. The number of nitrogen functional groups attached to an aromatic ring is 1. The van der Waals surface area contributed by atoms with Crippen LogP contribution in [0.5, 0.6) is 0 Å². The van der Waals surface area contributed by atoms with Gasteiger partial charge in [0.05, 0.1) is 26.6 Å². The predicted octanol–water partition coefficient (Wildman–Crippen LogP) is 2.62. The number of rotatable bonds is 4. The van der Waals surface area contributed by atoms with E-state index in [1.165, 1.54) is 0 Å². The lowest BCUT2D eigenvalue weighted by Crippen LogP contribution is -2.26. The third kappa shape index (κ3) is 2.57. The van der Waals surface area contributed by atoms with Crippen molar-refractivity contribution < 1.29 is 5.11 Å². The molecule has 2 unspecified atom stereocenters. The summed E-state index contributed by atoms with van der Waals surface area (Å²) < 4.78 is 1.11. The first kappa shape index (κ1) is 13.1. The molecule has 0 aliphatic rings. The minimum absolute atomic E-state index is 0.159. The number of aromatic nitrogens is 1. The fourth-order valence-corrected chi connectivity index (χ4v) is 2.63. The zero-order valence-electron chi connectivity index (χ0n) is 10.9. The largest absolute Gasteiger partial charge is 0.397 e. The Hall–Kier alpha value is -1.33. The molecule has 0 bridgehead atoms. The molecule has 0 aliphatic heterocycles. The maximum absolute atomic E-state index is 9.15. The van der Waals surface area contributed by atoms with Crippen molar-refractivity contribution >= 4 is 32.9 Å². The average Bonchev–Trinajstić information content (AvgIpc) is 2.67. The monoisotopic (exact) mass is 265 g/mol. The second-order valence-corrected chi connectivity index (χ2v) is 5.97. The predicted molar refractivity (Wildman–Crippen MR) is 78.1 cm³/mol. The van der Waals surface area contributed by atoms with E-state index in [4.69, 9.17) is 10.8 Å². The van der Waals surface area contributed by atoms with Crippen LogP contribution in [0.3, 0.4) is 0 Å². The number of aryl methyl sites for hydroxylation is 1. The summed E-state index contributed by atoms with van der Waals surface area (Å²) in [6, 6.07) is 4.10. The Morgan fingerprint density at radius 3 is 2.83 bits per heavy atom. The van der Waals surface area contributed by atoms with E-state index < -0.39 is 0 Å². The molecule has 5 heteroatoms. The summed E-state index contributed by atoms with van der Waals surface area (Å²) in [6.07, 6.45) is 0. The molecule has 18 heavy (non-hydrogen) atoms. The van der Waals surface area contributed by atoms with Gasteiger partial charge in [0.15, 0.2) is 0 Å². The number of hydrogen-bond donors (Lipinski definition) is 3. The number of nitrogens with zero attached hydrogens (tertiary/aromatic N) is 1. The van der Waals surface area contributed by atoms with Gasteiger partial charge in [0, 0.05) is 12.6 Å². The van der Waals surface area contributed by atoms with Crippen LogP contribution in [0.4, 0.5) is 11.4 Å². The molecule has 0 radical (unpaired) electrons. The van der Waals surface area contributed by atoms with Crippen LogP contribution in [0.1, 0.15) is 18.9 Å². The third-order valence-electron chi connectivity index (χ3n) is 3.19. The Balaban J connectivity index is 2.30. The maximum Gasteiger partial charge on any atom is 0.0907 e. The van der Waals surface area contributed by atoms with Gasteiger partial charge in [-0.3, -0.25) is 0 Å². The summed E-state index contributed by atoms with van der Waals surface area (Å²) in [5.74, 6) is 0.178. The Morgan fingerprint density at radius 2 is 2.17 bits per heavy atom. The van der Waals surface area contributed by atoms with Crippen LogP contribution < -0.4 is 11.1 Å². The highest BCUT2D eigenvalue weighted by Crippen LogP contribution is 2.30. The molecule has 0 spiro atoms. The van der Waals surface area contributed by atoms with Crippen LogP contribution in [0.2, 0.25) is 0 Å². The van der Waals surface area contributed by atoms with E-state index in [9.17, 15) is 0 Å². The molecule has 1 aromatic carbocycles. The molecule has 2 aromatic rings. The Morgan fingerprint density at radius 1 is 1.44 bits per heavy atom. The molecular formula is C13H19N3OS. The van der Waals surface area contributed by atoms with Gasteiger partial charge < -0.3 is 16.2 Å². The van der Waals surface area contributed by atoms with Gasteiger partial charge in [-0.05, 0) is 31.9 Å². The van der Waals surface area contributed by atoms with E-state index in [0.717, 1.165) is 26.6 Å². The lowest BCUT2D eigenvalue weighted by molar-refractivity contribution is 0.226. The van der Waals surface area contributed by atoms with E-state index in [2.05, 4.69) is 10.3 Å². The maximum atomic E-state index is 9.15. The zero-order chi connectivity index (χ0) is 13.3. The molecule has 4 nitrogen and oxygen atoms in total. The van der Waals surface area contributed by atoms with Crippen LogP contribution in [0.25, 0.3) is 10.2 Å². The van der Waals surface area contributed by atoms with Crippen molar-refractivity contribution in [2.24, 2.45) is 5.92 Å². The molecule has 0 saturated carbocycles. The fourth-order valence-electron chi connectivity index (χ4n) is 1.78. The van der Waals surface area contributed by atoms with Crippen molar-refractivity contribution in [3.8, 4) is 0 Å². The van der Waals surface area contributed by atoms with E-state index in [0.29, 0.717) is 0 Å². The number of anilines is 2. The number of benzene rings is 1. The van der Waals surface area contributed by atoms with E-state index in [1.807, 2.05) is 32.9 Å². The second-order valence-electron chi connectivity index (χ2n) is 4.73. The Labute approximate surface area is 111 Å². The number of nitrogens with two attached hydrogens (primary N) is 1. The summed E-state index contributed by atoms with van der Waals surface area (Å²) in [7, 11) is 0. The number of aliphatic hydroxyl groups is 1. The van der Waals surface area contributed by atoms with Gasteiger partial charge >= 0.3 is 0 Å². The smallest absolute Gasteiger partial charge is 0.0907 e. The van der Waals surface area contributed by atoms with Crippen molar-refractivity contribution in [1.29, 1.82) is 0 Å². The molecule has 2 rings (SSSR count). The van der Waals surface area contributed by atoms with Crippen LogP contribution in [0.15, 0.2) is 12.1 Å². The first-order chi connectivity index (χ1) is 8.51. The molecule has 0 fully saturated rings. The molecule has 0 saturated heterocycles. The summed E-state index contributed by atoms with van der Waals surface area (Å²) in [6.45, 7) is 6.19.